The number of carbonyl (C=O) groups excluding carboxylic acids is 2. The standard InChI is InChI=1S/C28H40N4O2.3ClH/c33-27-24-14-6-10-22-11-7-15-25(26(22)24)28(34)32(27)21-9-19-30-17-5-4-16-29-18-8-20-31-23-12-2-1-3-13-23;;;/h6-7,10-11,14-15,23,29-31H,1-5,8-9,12-13,16-21H2;3*1H. The number of amides is 2. The van der Waals surface area contributed by atoms with Crippen LogP contribution in [0.15, 0.2) is 36.4 Å². The summed E-state index contributed by atoms with van der Waals surface area (Å²) in [6, 6.07) is 12.1. The molecule has 0 bridgehead atoms. The van der Waals surface area contributed by atoms with Crippen LogP contribution in [-0.2, 0) is 0 Å². The fourth-order valence-electron chi connectivity index (χ4n) is 5.22. The quantitative estimate of drug-likeness (QED) is 0.210. The topological polar surface area (TPSA) is 73.5 Å². The van der Waals surface area contributed by atoms with Crippen molar-refractivity contribution in [2.75, 3.05) is 39.3 Å². The Bertz CT molecular complexity index is 919. The summed E-state index contributed by atoms with van der Waals surface area (Å²) in [6.45, 7) is 5.50. The van der Waals surface area contributed by atoms with Crippen molar-refractivity contribution in [2.45, 2.75) is 63.8 Å². The van der Waals surface area contributed by atoms with E-state index in [0.29, 0.717) is 17.7 Å². The summed E-state index contributed by atoms with van der Waals surface area (Å²) in [7, 11) is 0. The number of halogens is 3. The predicted molar refractivity (Wildman–Crippen MR) is 160 cm³/mol. The Hall–Kier alpha value is -1.41. The van der Waals surface area contributed by atoms with Gasteiger partial charge in [-0.25, -0.2) is 0 Å². The van der Waals surface area contributed by atoms with E-state index < -0.39 is 0 Å². The first-order valence-electron chi connectivity index (χ1n) is 13.3. The largest absolute Gasteiger partial charge is 0.317 e. The monoisotopic (exact) mass is 572 g/mol. The molecule has 0 aromatic heterocycles. The van der Waals surface area contributed by atoms with Crippen LogP contribution < -0.4 is 16.0 Å². The highest BCUT2D eigenvalue weighted by atomic mass is 35.5. The van der Waals surface area contributed by atoms with E-state index in [1.807, 2.05) is 36.4 Å². The second kappa shape index (κ2) is 18.0. The zero-order valence-electron chi connectivity index (χ0n) is 21.6. The van der Waals surface area contributed by atoms with Crippen molar-refractivity contribution in [3.05, 3.63) is 47.5 Å². The van der Waals surface area contributed by atoms with Crippen molar-refractivity contribution >= 4 is 59.8 Å². The van der Waals surface area contributed by atoms with Gasteiger partial charge >= 0.3 is 0 Å². The molecule has 4 rings (SSSR count). The normalized spacial score (nSPS) is 15.2. The molecule has 37 heavy (non-hydrogen) atoms. The van der Waals surface area contributed by atoms with Crippen LogP contribution in [0, 0.1) is 0 Å². The van der Waals surface area contributed by atoms with Crippen LogP contribution in [0.3, 0.4) is 0 Å². The highest BCUT2D eigenvalue weighted by Gasteiger charge is 2.31. The summed E-state index contributed by atoms with van der Waals surface area (Å²) < 4.78 is 0. The lowest BCUT2D eigenvalue weighted by Gasteiger charge is -2.27. The fourth-order valence-corrected chi connectivity index (χ4v) is 5.22. The van der Waals surface area contributed by atoms with Gasteiger partial charge in [0.15, 0.2) is 0 Å². The zero-order valence-corrected chi connectivity index (χ0v) is 24.1. The van der Waals surface area contributed by atoms with Gasteiger partial charge in [0.2, 0.25) is 0 Å². The van der Waals surface area contributed by atoms with Crippen molar-refractivity contribution in [2.24, 2.45) is 0 Å². The summed E-state index contributed by atoms with van der Waals surface area (Å²) in [5.74, 6) is -0.344. The van der Waals surface area contributed by atoms with Crippen LogP contribution in [0.4, 0.5) is 0 Å². The number of hydrogen-bond donors (Lipinski definition) is 3. The van der Waals surface area contributed by atoms with Crippen LogP contribution >= 0.6 is 37.2 Å². The number of unbranched alkanes of at least 4 members (excludes halogenated alkanes) is 1. The number of benzene rings is 2. The lowest BCUT2D eigenvalue weighted by Crippen LogP contribution is -2.41. The number of hydrogen-bond acceptors (Lipinski definition) is 5. The molecule has 1 fully saturated rings. The summed E-state index contributed by atoms with van der Waals surface area (Å²) in [6.07, 6.45) is 11.2. The van der Waals surface area contributed by atoms with Crippen molar-refractivity contribution in [3.8, 4) is 0 Å². The SMILES string of the molecule is Cl.Cl.Cl.O=C1c2cccc3cccc(c23)C(=O)N1CCCNCCCCNCCCNC1CCCCC1. The molecule has 2 amide bonds. The minimum atomic E-state index is -0.172. The molecule has 0 radical (unpaired) electrons. The smallest absolute Gasteiger partial charge is 0.261 e. The molecule has 0 unspecified atom stereocenters. The van der Waals surface area contributed by atoms with E-state index in [1.54, 1.807) is 0 Å². The second-order valence-corrected chi connectivity index (χ2v) is 9.67. The van der Waals surface area contributed by atoms with Gasteiger partial charge in [0.05, 0.1) is 0 Å². The average Bonchev–Trinajstić information content (AvgIpc) is 2.87. The molecule has 9 heteroatoms. The van der Waals surface area contributed by atoms with Crippen molar-refractivity contribution in [1.82, 2.24) is 20.9 Å². The second-order valence-electron chi connectivity index (χ2n) is 9.67. The number of nitrogens with one attached hydrogen (secondary N) is 3. The van der Waals surface area contributed by atoms with Gasteiger partial charge in [0.25, 0.3) is 11.8 Å². The van der Waals surface area contributed by atoms with Crippen LogP contribution in [0.5, 0.6) is 0 Å². The van der Waals surface area contributed by atoms with E-state index in [-0.39, 0.29) is 49.0 Å². The molecular weight excluding hydrogens is 531 g/mol. The van der Waals surface area contributed by atoms with Gasteiger partial charge in [-0.1, -0.05) is 43.5 Å². The van der Waals surface area contributed by atoms with Gasteiger partial charge in [-0.3, -0.25) is 14.5 Å². The summed E-state index contributed by atoms with van der Waals surface area (Å²) in [4.78, 5) is 27.2. The lowest BCUT2D eigenvalue weighted by molar-refractivity contribution is 0.0609. The maximum Gasteiger partial charge on any atom is 0.261 e. The number of nitrogens with zero attached hydrogens (tertiary/aromatic N) is 1. The third kappa shape index (κ3) is 9.38. The lowest BCUT2D eigenvalue weighted by atomic mass is 9.94. The molecule has 6 nitrogen and oxygen atoms in total. The third-order valence-electron chi connectivity index (χ3n) is 7.12. The molecule has 0 saturated heterocycles. The van der Waals surface area contributed by atoms with Crippen molar-refractivity contribution in [1.29, 1.82) is 0 Å². The third-order valence-corrected chi connectivity index (χ3v) is 7.12. The van der Waals surface area contributed by atoms with E-state index in [2.05, 4.69) is 16.0 Å². The van der Waals surface area contributed by atoms with Gasteiger partial charge in [-0.2, -0.15) is 0 Å². The van der Waals surface area contributed by atoms with Crippen LogP contribution in [0.1, 0.15) is 78.5 Å². The van der Waals surface area contributed by atoms with Gasteiger partial charge < -0.3 is 16.0 Å². The summed E-state index contributed by atoms with van der Waals surface area (Å²) in [5, 5.41) is 12.4. The zero-order chi connectivity index (χ0) is 23.6. The maximum atomic E-state index is 12.9. The molecule has 3 N–H and O–H groups in total. The first kappa shape index (κ1) is 33.6. The van der Waals surface area contributed by atoms with E-state index in [4.69, 9.17) is 0 Å². The Morgan fingerprint density at radius 2 is 1.22 bits per heavy atom. The van der Waals surface area contributed by atoms with Crippen LogP contribution in [-0.4, -0.2) is 62.0 Å². The van der Waals surface area contributed by atoms with Gasteiger partial charge in [0.1, 0.15) is 0 Å². The number of imide groups is 1. The average molecular weight is 574 g/mol. The minimum absolute atomic E-state index is 0. The number of rotatable bonds is 14. The highest BCUT2D eigenvalue weighted by molar-refractivity contribution is 6.25. The first-order valence-corrected chi connectivity index (χ1v) is 13.3. The molecule has 1 saturated carbocycles. The molecular formula is C28H43Cl3N4O2. The highest BCUT2D eigenvalue weighted by Crippen LogP contribution is 2.29. The molecule has 0 spiro atoms. The maximum absolute atomic E-state index is 12.9. The molecule has 208 valence electrons. The molecule has 2 aromatic rings. The fraction of sp³-hybridized carbons (Fsp3) is 0.571. The first-order chi connectivity index (χ1) is 16.8. The minimum Gasteiger partial charge on any atom is -0.317 e. The van der Waals surface area contributed by atoms with Crippen LogP contribution in [0.2, 0.25) is 0 Å². The van der Waals surface area contributed by atoms with Gasteiger partial charge in [0, 0.05) is 29.1 Å². The van der Waals surface area contributed by atoms with Gasteiger partial charge in [-0.15, -0.1) is 37.2 Å². The van der Waals surface area contributed by atoms with E-state index in [1.165, 1.54) is 43.4 Å². The Kier molecular flexibility index (Phi) is 16.3. The Labute approximate surface area is 240 Å². The molecule has 2 aromatic carbocycles. The molecule has 0 atom stereocenters. The van der Waals surface area contributed by atoms with Crippen LogP contribution in [0.25, 0.3) is 10.8 Å². The molecule has 1 heterocycles. The summed E-state index contributed by atoms with van der Waals surface area (Å²) in [5.41, 5.74) is 1.27. The number of carbonyl (C=O) groups is 2. The Morgan fingerprint density at radius 1 is 0.676 bits per heavy atom. The summed E-state index contributed by atoms with van der Waals surface area (Å²) >= 11 is 0. The van der Waals surface area contributed by atoms with E-state index in [0.717, 1.165) is 68.8 Å². The Morgan fingerprint density at radius 3 is 1.81 bits per heavy atom. The van der Waals surface area contributed by atoms with E-state index in [9.17, 15) is 9.59 Å². The van der Waals surface area contributed by atoms with Crippen molar-refractivity contribution < 1.29 is 9.59 Å². The van der Waals surface area contributed by atoms with E-state index >= 15 is 0 Å². The predicted octanol–water partition coefficient (Wildman–Crippen LogP) is 5.36. The van der Waals surface area contributed by atoms with Gasteiger partial charge in [-0.05, 0) is 88.8 Å². The molecule has 2 aliphatic rings. The van der Waals surface area contributed by atoms with Crippen molar-refractivity contribution in [3.63, 3.8) is 0 Å². The molecule has 1 aliphatic carbocycles. The Balaban J connectivity index is 0.00000228. The molecule has 1 aliphatic heterocycles.